The molecule has 2 aliphatic rings. The molecule has 1 saturated heterocycles. The lowest BCUT2D eigenvalue weighted by Crippen LogP contribution is -2.30. The van der Waals surface area contributed by atoms with Crippen molar-refractivity contribution in [3.8, 4) is 11.3 Å². The van der Waals surface area contributed by atoms with Crippen molar-refractivity contribution in [3.05, 3.63) is 41.0 Å². The molecule has 2 heterocycles. The maximum atomic E-state index is 13.2. The summed E-state index contributed by atoms with van der Waals surface area (Å²) in [5.41, 5.74) is 1.69. The van der Waals surface area contributed by atoms with Gasteiger partial charge in [0, 0.05) is 31.9 Å². The van der Waals surface area contributed by atoms with Crippen molar-refractivity contribution >= 4 is 23.5 Å². The first-order chi connectivity index (χ1) is 12.5. The Kier molecular flexibility index (Phi) is 4.23. The maximum absolute atomic E-state index is 13.2. The molecule has 6 nitrogen and oxygen atoms in total. The molecule has 0 unspecified atom stereocenters. The first-order valence-electron chi connectivity index (χ1n) is 8.76. The van der Waals surface area contributed by atoms with Gasteiger partial charge in [0.25, 0.3) is 5.91 Å². The van der Waals surface area contributed by atoms with Crippen molar-refractivity contribution in [2.45, 2.75) is 12.8 Å². The second-order valence-electron chi connectivity index (χ2n) is 7.20. The molecule has 2 fully saturated rings. The molecule has 0 spiro atoms. The second-order valence-corrected chi connectivity index (χ2v) is 7.61. The number of carboxylic acids is 1. The highest BCUT2D eigenvalue weighted by Gasteiger charge is 2.47. The Labute approximate surface area is 156 Å². The van der Waals surface area contributed by atoms with Crippen LogP contribution in [0.5, 0.6) is 0 Å². The molecule has 1 aliphatic heterocycles. The minimum atomic E-state index is -0.810. The number of amides is 1. The van der Waals surface area contributed by atoms with E-state index in [9.17, 15) is 14.7 Å². The molecule has 1 aromatic heterocycles. The molecule has 136 valence electrons. The van der Waals surface area contributed by atoms with Crippen LogP contribution in [0.4, 0.5) is 0 Å². The molecule has 1 aromatic carbocycles. The largest absolute Gasteiger partial charge is 0.481 e. The Morgan fingerprint density at radius 2 is 1.96 bits per heavy atom. The van der Waals surface area contributed by atoms with Crippen LogP contribution in [-0.4, -0.2) is 44.8 Å². The number of carbonyl (C=O) groups excluding carboxylic acids is 1. The van der Waals surface area contributed by atoms with E-state index in [0.717, 1.165) is 12.8 Å². The number of hydrogen-bond donors (Lipinski definition) is 1. The van der Waals surface area contributed by atoms with Gasteiger partial charge in [-0.15, -0.1) is 0 Å². The van der Waals surface area contributed by atoms with Gasteiger partial charge < -0.3 is 10.0 Å². The number of benzene rings is 1. The van der Waals surface area contributed by atoms with E-state index in [1.54, 1.807) is 28.9 Å². The Balaban J connectivity index is 1.65. The van der Waals surface area contributed by atoms with E-state index in [4.69, 9.17) is 11.6 Å². The highest BCUT2D eigenvalue weighted by molar-refractivity contribution is 6.33. The number of likely N-dealkylation sites (tertiary alicyclic amines) is 1. The molecule has 26 heavy (non-hydrogen) atoms. The zero-order valence-corrected chi connectivity index (χ0v) is 15.2. The summed E-state index contributed by atoms with van der Waals surface area (Å²) in [6.45, 7) is 0.753. The summed E-state index contributed by atoms with van der Waals surface area (Å²) in [4.78, 5) is 26.4. The Bertz CT molecular complexity index is 875. The number of hydrogen-bond acceptors (Lipinski definition) is 3. The van der Waals surface area contributed by atoms with Crippen molar-refractivity contribution in [2.24, 2.45) is 24.8 Å². The van der Waals surface area contributed by atoms with E-state index in [0.29, 0.717) is 34.3 Å². The quantitative estimate of drug-likeness (QED) is 0.894. The average Bonchev–Trinajstić information content (AvgIpc) is 3.23. The lowest BCUT2D eigenvalue weighted by molar-refractivity contribution is -0.142. The van der Waals surface area contributed by atoms with Crippen LogP contribution in [-0.2, 0) is 11.8 Å². The Morgan fingerprint density at radius 3 is 2.62 bits per heavy atom. The first kappa shape index (κ1) is 17.1. The summed E-state index contributed by atoms with van der Waals surface area (Å²) in [7, 11) is 1.76. The van der Waals surface area contributed by atoms with Crippen molar-refractivity contribution in [2.75, 3.05) is 13.1 Å². The van der Waals surface area contributed by atoms with Gasteiger partial charge in [0.2, 0.25) is 0 Å². The van der Waals surface area contributed by atoms with Crippen molar-refractivity contribution in [1.82, 2.24) is 14.7 Å². The molecule has 1 amide bonds. The van der Waals surface area contributed by atoms with Crippen LogP contribution in [0.25, 0.3) is 11.3 Å². The van der Waals surface area contributed by atoms with Crippen molar-refractivity contribution < 1.29 is 14.7 Å². The molecule has 2 aromatic rings. The summed E-state index contributed by atoms with van der Waals surface area (Å²) in [6.07, 6.45) is 3.81. The monoisotopic (exact) mass is 373 g/mol. The second kappa shape index (κ2) is 6.43. The third-order valence-electron chi connectivity index (χ3n) is 5.39. The number of aliphatic carboxylic acids is 1. The lowest BCUT2D eigenvalue weighted by atomic mass is 9.92. The number of halogens is 1. The average molecular weight is 374 g/mol. The van der Waals surface area contributed by atoms with E-state index >= 15 is 0 Å². The van der Waals surface area contributed by atoms with Gasteiger partial charge in [0.1, 0.15) is 5.69 Å². The van der Waals surface area contributed by atoms with E-state index in [1.165, 1.54) is 0 Å². The zero-order valence-electron chi connectivity index (χ0n) is 14.4. The van der Waals surface area contributed by atoms with Gasteiger partial charge in [-0.25, -0.2) is 0 Å². The predicted octanol–water partition coefficient (Wildman–Crippen LogP) is 2.92. The molecular weight excluding hydrogens is 354 g/mol. The molecule has 2 atom stereocenters. The lowest BCUT2D eigenvalue weighted by Gasteiger charge is -2.16. The first-order valence-corrected chi connectivity index (χ1v) is 9.14. The standard InChI is InChI=1S/C19H20ClN3O3/c1-22-8-15(17(21-22)12-4-2-3-5-16(12)20)18(24)23-9-13(11-6-7-11)14(10-23)19(25)26/h2-5,8,11,13-14H,6-7,9-10H2,1H3,(H,25,26)/t13-,14+/m1/s1. The normalized spacial score (nSPS) is 22.6. The third-order valence-corrected chi connectivity index (χ3v) is 5.71. The number of carbonyl (C=O) groups is 2. The summed E-state index contributed by atoms with van der Waals surface area (Å²) >= 11 is 6.29. The van der Waals surface area contributed by atoms with Crippen LogP contribution in [0.15, 0.2) is 30.5 Å². The number of carboxylic acid groups (broad SMARTS) is 1. The summed E-state index contributed by atoms with van der Waals surface area (Å²) < 4.78 is 1.59. The van der Waals surface area contributed by atoms with Crippen LogP contribution in [0.3, 0.4) is 0 Å². The van der Waals surface area contributed by atoms with Gasteiger partial charge in [-0.05, 0) is 30.7 Å². The minimum Gasteiger partial charge on any atom is -0.481 e. The van der Waals surface area contributed by atoms with Crippen LogP contribution in [0, 0.1) is 17.8 Å². The highest BCUT2D eigenvalue weighted by Crippen LogP contribution is 2.44. The molecule has 0 bridgehead atoms. The van der Waals surface area contributed by atoms with Crippen LogP contribution < -0.4 is 0 Å². The number of nitrogens with zero attached hydrogens (tertiary/aromatic N) is 3. The van der Waals surface area contributed by atoms with Crippen LogP contribution >= 0.6 is 11.6 Å². The summed E-state index contributed by atoms with van der Waals surface area (Å²) in [6, 6.07) is 7.27. The highest BCUT2D eigenvalue weighted by atomic mass is 35.5. The smallest absolute Gasteiger partial charge is 0.308 e. The molecular formula is C19H20ClN3O3. The van der Waals surface area contributed by atoms with E-state index in [2.05, 4.69) is 5.10 Å². The molecule has 0 radical (unpaired) electrons. The van der Waals surface area contributed by atoms with Gasteiger partial charge in [0.15, 0.2) is 0 Å². The van der Waals surface area contributed by atoms with Crippen LogP contribution in [0.2, 0.25) is 5.02 Å². The maximum Gasteiger partial charge on any atom is 0.308 e. The fraction of sp³-hybridized carbons (Fsp3) is 0.421. The fourth-order valence-corrected chi connectivity index (χ4v) is 4.15. The van der Waals surface area contributed by atoms with E-state index in [1.807, 2.05) is 18.2 Å². The molecule has 4 rings (SSSR count). The number of rotatable bonds is 4. The SMILES string of the molecule is Cn1cc(C(=O)N2C[C@H](C(=O)O)[C@@H](C3CC3)C2)c(-c2ccccc2Cl)n1. The van der Waals surface area contributed by atoms with Gasteiger partial charge in [-0.3, -0.25) is 14.3 Å². The topological polar surface area (TPSA) is 75.4 Å². The molecule has 7 heteroatoms. The zero-order chi connectivity index (χ0) is 18.4. The van der Waals surface area contributed by atoms with Gasteiger partial charge >= 0.3 is 5.97 Å². The van der Waals surface area contributed by atoms with E-state index < -0.39 is 11.9 Å². The number of aromatic nitrogens is 2. The summed E-state index contributed by atoms with van der Waals surface area (Å²) in [5, 5.41) is 14.5. The number of aryl methyl sites for hydroxylation is 1. The minimum absolute atomic E-state index is 0.0527. The fourth-order valence-electron chi connectivity index (χ4n) is 3.93. The van der Waals surface area contributed by atoms with Crippen LogP contribution in [0.1, 0.15) is 23.2 Å². The molecule has 1 N–H and O–H groups in total. The van der Waals surface area contributed by atoms with Crippen molar-refractivity contribution in [3.63, 3.8) is 0 Å². The Hall–Kier alpha value is -2.34. The molecule has 1 aliphatic carbocycles. The summed E-state index contributed by atoms with van der Waals surface area (Å²) in [5.74, 6) is -0.980. The van der Waals surface area contributed by atoms with Gasteiger partial charge in [-0.2, -0.15) is 5.10 Å². The molecule has 1 saturated carbocycles. The third kappa shape index (κ3) is 2.98. The Morgan fingerprint density at radius 1 is 1.23 bits per heavy atom. The van der Waals surface area contributed by atoms with Gasteiger partial charge in [0.05, 0.1) is 16.5 Å². The predicted molar refractivity (Wildman–Crippen MR) is 96.9 cm³/mol. The van der Waals surface area contributed by atoms with E-state index in [-0.39, 0.29) is 18.4 Å². The van der Waals surface area contributed by atoms with Crippen molar-refractivity contribution in [1.29, 1.82) is 0 Å². The van der Waals surface area contributed by atoms with Gasteiger partial charge in [-0.1, -0.05) is 29.8 Å².